The van der Waals surface area contributed by atoms with Crippen LogP contribution in [0, 0.1) is 12.3 Å². The molecule has 3 aromatic rings. The highest BCUT2D eigenvalue weighted by atomic mass is 79.9. The number of allylic oxidation sites excluding steroid dienone is 2. The summed E-state index contributed by atoms with van der Waals surface area (Å²) in [5, 5.41) is 21.3. The van der Waals surface area contributed by atoms with Gasteiger partial charge in [-0.05, 0) is 62.2 Å². The minimum absolute atomic E-state index is 0.00457. The lowest BCUT2D eigenvalue weighted by molar-refractivity contribution is -0.116. The van der Waals surface area contributed by atoms with Crippen LogP contribution in [0.3, 0.4) is 0 Å². The molecule has 38 heavy (non-hydrogen) atoms. The lowest BCUT2D eigenvalue weighted by atomic mass is 9.73. The fourth-order valence-corrected chi connectivity index (χ4v) is 5.57. The maximum atomic E-state index is 13.7. The molecule has 7 heteroatoms. The lowest BCUT2D eigenvalue weighted by Crippen LogP contribution is -2.42. The molecule has 0 saturated carbocycles. The number of nitrogens with zero attached hydrogens (tertiary/aromatic N) is 1. The maximum absolute atomic E-state index is 13.7. The number of ether oxygens (including phenoxy) is 2. The van der Waals surface area contributed by atoms with Gasteiger partial charge in [0.15, 0.2) is 5.78 Å². The smallest absolute Gasteiger partial charge is 0.161 e. The van der Waals surface area contributed by atoms with Crippen LogP contribution in [0.2, 0.25) is 0 Å². The molecule has 1 atom stereocenters. The first-order valence-electron chi connectivity index (χ1n) is 12.5. The molecule has 1 unspecified atom stereocenters. The van der Waals surface area contributed by atoms with Gasteiger partial charge in [0.25, 0.3) is 0 Å². The van der Waals surface area contributed by atoms with E-state index in [2.05, 4.69) is 15.9 Å². The Hall–Kier alpha value is -3.84. The van der Waals surface area contributed by atoms with Crippen molar-refractivity contribution in [1.29, 1.82) is 5.41 Å². The van der Waals surface area contributed by atoms with Crippen LogP contribution in [0.5, 0.6) is 11.5 Å². The van der Waals surface area contributed by atoms with Crippen molar-refractivity contribution in [2.45, 2.75) is 32.1 Å². The molecule has 1 aliphatic carbocycles. The van der Waals surface area contributed by atoms with Crippen molar-refractivity contribution in [3.05, 3.63) is 105 Å². The predicted molar refractivity (Wildman–Crippen MR) is 153 cm³/mol. The highest BCUT2D eigenvalue weighted by Gasteiger charge is 2.44. The van der Waals surface area contributed by atoms with E-state index in [0.29, 0.717) is 53.0 Å². The number of aryl methyl sites for hydroxylation is 1. The first-order valence-corrected chi connectivity index (χ1v) is 13.3. The molecule has 6 nitrogen and oxygen atoms in total. The van der Waals surface area contributed by atoms with Crippen molar-refractivity contribution in [3.63, 3.8) is 0 Å². The molecule has 194 valence electrons. The third kappa shape index (κ3) is 4.52. The van der Waals surface area contributed by atoms with E-state index in [1.54, 1.807) is 26.4 Å². The fourth-order valence-electron chi connectivity index (χ4n) is 5.31. The zero-order valence-corrected chi connectivity index (χ0v) is 23.1. The molecule has 0 aromatic heterocycles. The second-order valence-corrected chi connectivity index (χ2v) is 10.4. The number of benzene rings is 3. The zero-order valence-electron chi connectivity index (χ0n) is 21.5. The summed E-state index contributed by atoms with van der Waals surface area (Å²) in [6.07, 6.45) is 1.74. The second kappa shape index (κ2) is 10.5. The number of hydrogen-bond acceptors (Lipinski definition) is 5. The highest BCUT2D eigenvalue weighted by molar-refractivity contribution is 9.10. The van der Waals surface area contributed by atoms with Gasteiger partial charge in [0.2, 0.25) is 0 Å². The van der Waals surface area contributed by atoms with E-state index in [0.717, 1.165) is 21.4 Å². The quantitative estimate of drug-likeness (QED) is 0.313. The number of hydrogen-bond donors (Lipinski definition) is 2. The standard InChI is InChI=1S/C31H29BrN2O4/c1-18-7-9-19(10-8-18)30(36)29-27(23-17-22(37-2)15-16-26(23)38-3)28-24(5-4-6-25(28)35)34(31(29)33)21-13-11-20(32)12-14-21/h7-17,27,33,36H,4-6H2,1-3H3. The van der Waals surface area contributed by atoms with Crippen LogP contribution in [-0.2, 0) is 4.79 Å². The number of nitrogens with one attached hydrogen (secondary N) is 1. The Kier molecular flexibility index (Phi) is 7.13. The maximum Gasteiger partial charge on any atom is 0.161 e. The van der Waals surface area contributed by atoms with Gasteiger partial charge in [-0.1, -0.05) is 45.8 Å². The Labute approximate surface area is 230 Å². The van der Waals surface area contributed by atoms with Gasteiger partial charge in [0.05, 0.1) is 20.1 Å². The van der Waals surface area contributed by atoms with Crippen LogP contribution in [0.25, 0.3) is 5.76 Å². The average molecular weight is 573 g/mol. The second-order valence-electron chi connectivity index (χ2n) is 9.47. The Morgan fingerprint density at radius 2 is 1.71 bits per heavy atom. The number of rotatable bonds is 5. The number of amidine groups is 1. The number of ketones is 1. The number of aliphatic hydroxyl groups is 1. The summed E-state index contributed by atoms with van der Waals surface area (Å²) in [5.41, 5.74) is 4.76. The summed E-state index contributed by atoms with van der Waals surface area (Å²) in [6.45, 7) is 1.98. The van der Waals surface area contributed by atoms with Crippen LogP contribution < -0.4 is 14.4 Å². The molecule has 0 amide bonds. The zero-order chi connectivity index (χ0) is 27.0. The van der Waals surface area contributed by atoms with E-state index in [1.807, 2.05) is 66.4 Å². The molecule has 2 aliphatic rings. The third-order valence-corrected chi connectivity index (χ3v) is 7.70. The summed E-state index contributed by atoms with van der Waals surface area (Å²) in [5.74, 6) is 0.529. The largest absolute Gasteiger partial charge is 0.507 e. The van der Waals surface area contributed by atoms with Crippen LogP contribution in [0.15, 0.2) is 88.0 Å². The van der Waals surface area contributed by atoms with Gasteiger partial charge in [0, 0.05) is 44.6 Å². The van der Waals surface area contributed by atoms with Gasteiger partial charge in [-0.25, -0.2) is 0 Å². The van der Waals surface area contributed by atoms with Gasteiger partial charge >= 0.3 is 0 Å². The molecule has 0 saturated heterocycles. The third-order valence-electron chi connectivity index (χ3n) is 7.17. The molecule has 5 rings (SSSR count). The summed E-state index contributed by atoms with van der Waals surface area (Å²) >= 11 is 3.49. The van der Waals surface area contributed by atoms with Gasteiger partial charge in [0.1, 0.15) is 23.1 Å². The molecule has 1 heterocycles. The molecular formula is C31H29BrN2O4. The van der Waals surface area contributed by atoms with Gasteiger partial charge in [-0.2, -0.15) is 0 Å². The Morgan fingerprint density at radius 1 is 1.00 bits per heavy atom. The molecule has 0 radical (unpaired) electrons. The Balaban J connectivity index is 1.86. The Bertz CT molecular complexity index is 1470. The first-order chi connectivity index (χ1) is 18.3. The average Bonchev–Trinajstić information content (AvgIpc) is 2.93. The molecule has 0 bridgehead atoms. The Morgan fingerprint density at radius 3 is 2.37 bits per heavy atom. The predicted octanol–water partition coefficient (Wildman–Crippen LogP) is 7.33. The van der Waals surface area contributed by atoms with E-state index in [9.17, 15) is 15.3 Å². The van der Waals surface area contributed by atoms with E-state index in [1.165, 1.54) is 0 Å². The highest BCUT2D eigenvalue weighted by Crippen LogP contribution is 2.50. The summed E-state index contributed by atoms with van der Waals surface area (Å²) in [4.78, 5) is 15.5. The van der Waals surface area contributed by atoms with Gasteiger partial charge in [-0.15, -0.1) is 0 Å². The minimum Gasteiger partial charge on any atom is -0.507 e. The van der Waals surface area contributed by atoms with Crippen molar-refractivity contribution in [3.8, 4) is 11.5 Å². The number of carbonyl (C=O) groups excluding carboxylic acids is 1. The number of methoxy groups -OCH3 is 2. The molecule has 0 fully saturated rings. The number of anilines is 1. The summed E-state index contributed by atoms with van der Waals surface area (Å²) < 4.78 is 12.2. The minimum atomic E-state index is -0.705. The monoisotopic (exact) mass is 572 g/mol. The van der Waals surface area contributed by atoms with E-state index in [4.69, 9.17) is 9.47 Å². The molecule has 0 spiro atoms. The molecule has 2 N–H and O–H groups in total. The SMILES string of the molecule is COc1ccc(OC)c(C2C(=C(O)c3ccc(C)cc3)C(=N)N(c3ccc(Br)cc3)C3=C2C(=O)CCC3)c1. The lowest BCUT2D eigenvalue weighted by Gasteiger charge is -2.42. The van der Waals surface area contributed by atoms with Crippen LogP contribution in [-0.4, -0.2) is 30.9 Å². The summed E-state index contributed by atoms with van der Waals surface area (Å²) in [7, 11) is 3.16. The first kappa shape index (κ1) is 25.8. The van der Waals surface area contributed by atoms with Crippen molar-refractivity contribution in [2.24, 2.45) is 0 Å². The normalized spacial score (nSPS) is 18.8. The van der Waals surface area contributed by atoms with Crippen molar-refractivity contribution < 1.29 is 19.4 Å². The van der Waals surface area contributed by atoms with Gasteiger partial charge < -0.3 is 14.6 Å². The van der Waals surface area contributed by atoms with Crippen molar-refractivity contribution in [2.75, 3.05) is 19.1 Å². The van der Waals surface area contributed by atoms with E-state index >= 15 is 0 Å². The molecular weight excluding hydrogens is 544 g/mol. The number of Topliss-reactive ketones (excluding diaryl/α,β-unsaturated/α-hetero) is 1. The van der Waals surface area contributed by atoms with Crippen LogP contribution >= 0.6 is 15.9 Å². The molecule has 3 aromatic carbocycles. The van der Waals surface area contributed by atoms with Crippen molar-refractivity contribution >= 4 is 39.0 Å². The fraction of sp³-hybridized carbons (Fsp3) is 0.226. The number of aliphatic hydroxyl groups excluding tert-OH is 1. The van der Waals surface area contributed by atoms with Crippen molar-refractivity contribution in [1.82, 2.24) is 0 Å². The van der Waals surface area contributed by atoms with Gasteiger partial charge in [-0.3, -0.25) is 15.1 Å². The van der Waals surface area contributed by atoms with Crippen LogP contribution in [0.1, 0.15) is 41.9 Å². The molecule has 1 aliphatic heterocycles. The number of halogens is 1. The van der Waals surface area contributed by atoms with E-state index in [-0.39, 0.29) is 17.4 Å². The van der Waals surface area contributed by atoms with E-state index < -0.39 is 5.92 Å². The summed E-state index contributed by atoms with van der Waals surface area (Å²) in [6, 6.07) is 20.6. The van der Waals surface area contributed by atoms with Crippen LogP contribution in [0.4, 0.5) is 5.69 Å². The topological polar surface area (TPSA) is 82.8 Å². The number of carbonyl (C=O) groups is 1.